The molecule has 0 spiro atoms. The van der Waals surface area contributed by atoms with E-state index in [9.17, 15) is 9.59 Å². The predicted molar refractivity (Wildman–Crippen MR) is 78.4 cm³/mol. The third kappa shape index (κ3) is 3.12. The molecule has 0 aliphatic rings. The maximum Gasteiger partial charge on any atom is 0.339 e. The standard InChI is InChI=1S/C12H13ClN4O2S/c1-14-6-7-8(13)4-3-5-9(7)20-12-15-10(18)11(19)16-17(12)2/h3-5,14H,6H2,1-2H3,(H,16,19). The van der Waals surface area contributed by atoms with Gasteiger partial charge < -0.3 is 5.32 Å². The van der Waals surface area contributed by atoms with Crippen LogP contribution in [-0.2, 0) is 13.6 Å². The largest absolute Gasteiger partial charge is 0.339 e. The summed E-state index contributed by atoms with van der Waals surface area (Å²) in [6, 6.07) is 5.52. The number of aromatic amines is 1. The van der Waals surface area contributed by atoms with Crippen molar-refractivity contribution in [3.05, 3.63) is 49.5 Å². The minimum Gasteiger partial charge on any atom is -0.316 e. The Morgan fingerprint density at radius 2 is 2.20 bits per heavy atom. The molecule has 0 unspecified atom stereocenters. The van der Waals surface area contributed by atoms with E-state index >= 15 is 0 Å². The smallest absolute Gasteiger partial charge is 0.316 e. The fourth-order valence-electron chi connectivity index (χ4n) is 1.63. The highest BCUT2D eigenvalue weighted by Crippen LogP contribution is 2.31. The molecule has 2 rings (SSSR count). The van der Waals surface area contributed by atoms with Gasteiger partial charge in [-0.05, 0) is 36.5 Å². The molecule has 6 nitrogen and oxygen atoms in total. The van der Waals surface area contributed by atoms with Crippen molar-refractivity contribution in [2.24, 2.45) is 7.05 Å². The molecule has 1 aromatic heterocycles. The molecule has 0 aliphatic carbocycles. The van der Waals surface area contributed by atoms with Gasteiger partial charge in [-0.3, -0.25) is 19.4 Å². The van der Waals surface area contributed by atoms with Gasteiger partial charge in [-0.1, -0.05) is 17.7 Å². The van der Waals surface area contributed by atoms with Crippen LogP contribution in [0, 0.1) is 0 Å². The number of hydrogen-bond acceptors (Lipinski definition) is 5. The fraction of sp³-hybridized carbons (Fsp3) is 0.250. The van der Waals surface area contributed by atoms with Crippen molar-refractivity contribution in [3.63, 3.8) is 0 Å². The van der Waals surface area contributed by atoms with Crippen LogP contribution in [0.4, 0.5) is 0 Å². The summed E-state index contributed by atoms with van der Waals surface area (Å²) < 4.78 is 1.42. The first-order valence-corrected chi connectivity index (χ1v) is 6.99. The van der Waals surface area contributed by atoms with Crippen molar-refractivity contribution in [1.29, 1.82) is 0 Å². The van der Waals surface area contributed by atoms with E-state index in [1.165, 1.54) is 16.4 Å². The Labute approximate surface area is 124 Å². The number of nitrogens with zero attached hydrogens (tertiary/aromatic N) is 2. The predicted octanol–water partition coefficient (Wildman–Crippen LogP) is 0.993. The Bertz CT molecular complexity index is 741. The highest BCUT2D eigenvalue weighted by atomic mass is 35.5. The molecule has 0 saturated carbocycles. The molecule has 0 amide bonds. The maximum atomic E-state index is 11.3. The van der Waals surface area contributed by atoms with Gasteiger partial charge in [0.1, 0.15) is 0 Å². The van der Waals surface area contributed by atoms with Gasteiger partial charge in [-0.25, -0.2) is 0 Å². The average Bonchev–Trinajstić information content (AvgIpc) is 2.40. The number of benzene rings is 1. The first-order valence-electron chi connectivity index (χ1n) is 5.80. The Balaban J connectivity index is 2.45. The van der Waals surface area contributed by atoms with Crippen molar-refractivity contribution in [1.82, 2.24) is 20.1 Å². The zero-order valence-electron chi connectivity index (χ0n) is 10.9. The van der Waals surface area contributed by atoms with Gasteiger partial charge in [-0.15, -0.1) is 0 Å². The zero-order chi connectivity index (χ0) is 14.7. The van der Waals surface area contributed by atoms with E-state index < -0.39 is 11.1 Å². The lowest BCUT2D eigenvalue weighted by Crippen LogP contribution is -2.33. The minimum absolute atomic E-state index is 0.397. The summed E-state index contributed by atoms with van der Waals surface area (Å²) in [7, 11) is 3.45. The van der Waals surface area contributed by atoms with Crippen LogP contribution in [0.2, 0.25) is 5.02 Å². The molecule has 0 atom stereocenters. The quantitative estimate of drug-likeness (QED) is 0.823. The summed E-state index contributed by atoms with van der Waals surface area (Å²) in [5.74, 6) is 0. The molecule has 2 N–H and O–H groups in total. The average molecular weight is 313 g/mol. The fourth-order valence-corrected chi connectivity index (χ4v) is 2.89. The zero-order valence-corrected chi connectivity index (χ0v) is 12.5. The molecule has 1 aromatic carbocycles. The molecule has 0 radical (unpaired) electrons. The first kappa shape index (κ1) is 14.8. The van der Waals surface area contributed by atoms with Crippen molar-refractivity contribution in [2.75, 3.05) is 7.05 Å². The molecule has 20 heavy (non-hydrogen) atoms. The number of H-pyrrole nitrogens is 1. The first-order chi connectivity index (χ1) is 9.52. The Kier molecular flexibility index (Phi) is 4.64. The van der Waals surface area contributed by atoms with Crippen molar-refractivity contribution in [3.8, 4) is 0 Å². The lowest BCUT2D eigenvalue weighted by atomic mass is 10.2. The van der Waals surface area contributed by atoms with E-state index in [4.69, 9.17) is 11.6 Å². The normalized spacial score (nSPS) is 10.8. The van der Waals surface area contributed by atoms with Crippen LogP contribution < -0.4 is 16.4 Å². The van der Waals surface area contributed by atoms with Crippen LogP contribution >= 0.6 is 23.4 Å². The van der Waals surface area contributed by atoms with Crippen LogP contribution in [0.5, 0.6) is 0 Å². The number of nitrogens with one attached hydrogen (secondary N) is 2. The number of hydrogen-bond donors (Lipinski definition) is 2. The van der Waals surface area contributed by atoms with Crippen LogP contribution in [-0.4, -0.2) is 21.8 Å². The SMILES string of the molecule is CNCc1c(Cl)cccc1Sc1nc(=O)c(=O)[nH]n1C. The van der Waals surface area contributed by atoms with Gasteiger partial charge in [0.05, 0.1) is 0 Å². The maximum absolute atomic E-state index is 11.3. The van der Waals surface area contributed by atoms with Gasteiger partial charge in [0.25, 0.3) is 0 Å². The van der Waals surface area contributed by atoms with E-state index in [1.54, 1.807) is 13.1 Å². The summed E-state index contributed by atoms with van der Waals surface area (Å²) in [5, 5.41) is 6.49. The summed E-state index contributed by atoms with van der Waals surface area (Å²) in [4.78, 5) is 27.2. The van der Waals surface area contributed by atoms with Crippen molar-refractivity contribution in [2.45, 2.75) is 16.6 Å². The summed E-state index contributed by atoms with van der Waals surface area (Å²) in [6.45, 7) is 0.597. The molecular weight excluding hydrogens is 300 g/mol. The molecule has 8 heteroatoms. The van der Waals surface area contributed by atoms with E-state index in [2.05, 4.69) is 15.4 Å². The summed E-state index contributed by atoms with van der Waals surface area (Å²) in [5.41, 5.74) is -0.622. The summed E-state index contributed by atoms with van der Waals surface area (Å²) in [6.07, 6.45) is 0. The second-order valence-corrected chi connectivity index (χ2v) is 5.46. The molecule has 2 aromatic rings. The van der Waals surface area contributed by atoms with Gasteiger partial charge in [0, 0.05) is 23.5 Å². The highest BCUT2D eigenvalue weighted by molar-refractivity contribution is 7.99. The lowest BCUT2D eigenvalue weighted by Gasteiger charge is -2.11. The van der Waals surface area contributed by atoms with E-state index in [-0.39, 0.29) is 0 Å². The van der Waals surface area contributed by atoms with E-state index in [0.717, 1.165) is 10.5 Å². The van der Waals surface area contributed by atoms with Crippen molar-refractivity contribution >= 4 is 23.4 Å². The van der Waals surface area contributed by atoms with E-state index in [0.29, 0.717) is 16.7 Å². The molecule has 0 saturated heterocycles. The van der Waals surface area contributed by atoms with Gasteiger partial charge in [0.2, 0.25) is 0 Å². The molecule has 1 heterocycles. The van der Waals surface area contributed by atoms with Crippen LogP contribution in [0.15, 0.2) is 37.8 Å². The van der Waals surface area contributed by atoms with E-state index in [1.807, 2.05) is 19.2 Å². The van der Waals surface area contributed by atoms with Crippen molar-refractivity contribution < 1.29 is 0 Å². The monoisotopic (exact) mass is 312 g/mol. The molecular formula is C12H13ClN4O2S. The minimum atomic E-state index is -0.803. The molecule has 0 fully saturated rings. The third-order valence-corrected chi connectivity index (χ3v) is 4.08. The second-order valence-electron chi connectivity index (χ2n) is 4.05. The van der Waals surface area contributed by atoms with Gasteiger partial charge in [0.15, 0.2) is 5.16 Å². The number of halogens is 1. The van der Waals surface area contributed by atoms with Gasteiger partial charge in [-0.2, -0.15) is 4.98 Å². The molecule has 0 aliphatic heterocycles. The number of aryl methyl sites for hydroxylation is 1. The summed E-state index contributed by atoms with van der Waals surface area (Å²) >= 11 is 7.45. The Morgan fingerprint density at radius 1 is 1.45 bits per heavy atom. The van der Waals surface area contributed by atoms with Crippen LogP contribution in [0.3, 0.4) is 0 Å². The molecule has 106 valence electrons. The number of rotatable bonds is 4. The molecule has 0 bridgehead atoms. The Hall–Kier alpha value is -1.57. The van der Waals surface area contributed by atoms with Crippen LogP contribution in [0.1, 0.15) is 5.56 Å². The van der Waals surface area contributed by atoms with Crippen LogP contribution in [0.25, 0.3) is 0 Å². The number of aromatic nitrogens is 3. The topological polar surface area (TPSA) is 79.8 Å². The third-order valence-electron chi connectivity index (χ3n) is 2.58. The second kappa shape index (κ2) is 6.25. The van der Waals surface area contributed by atoms with Gasteiger partial charge >= 0.3 is 11.1 Å². The Morgan fingerprint density at radius 3 is 2.90 bits per heavy atom. The highest BCUT2D eigenvalue weighted by Gasteiger charge is 2.11. The lowest BCUT2D eigenvalue weighted by molar-refractivity contribution is 0.596.